The lowest BCUT2D eigenvalue weighted by Crippen LogP contribution is -2.24. The summed E-state index contributed by atoms with van der Waals surface area (Å²) in [6.07, 6.45) is 0.286. The van der Waals surface area contributed by atoms with Crippen LogP contribution in [0.25, 0.3) is 0 Å². The van der Waals surface area contributed by atoms with E-state index in [1.165, 1.54) is 0 Å². The van der Waals surface area contributed by atoms with Crippen molar-refractivity contribution in [1.82, 2.24) is 4.90 Å². The van der Waals surface area contributed by atoms with Gasteiger partial charge in [-0.1, -0.05) is 17.7 Å². The first-order valence-corrected chi connectivity index (χ1v) is 6.21. The van der Waals surface area contributed by atoms with Gasteiger partial charge in [0.15, 0.2) is 0 Å². The average Bonchev–Trinajstić information content (AvgIpc) is 2.23. The number of nitrogens with zero attached hydrogens (tertiary/aromatic N) is 1. The van der Waals surface area contributed by atoms with E-state index in [1.54, 1.807) is 0 Å². The van der Waals surface area contributed by atoms with Gasteiger partial charge in [-0.3, -0.25) is 4.90 Å². The number of halogens is 1. The second-order valence-corrected chi connectivity index (χ2v) is 4.92. The molecule has 0 spiro atoms. The first kappa shape index (κ1) is 14.3. The predicted octanol–water partition coefficient (Wildman–Crippen LogP) is 2.78. The Bertz CT molecular complexity index is 355. The van der Waals surface area contributed by atoms with E-state index >= 15 is 0 Å². The third kappa shape index (κ3) is 5.39. The molecule has 0 aliphatic carbocycles. The first-order chi connectivity index (χ1) is 7.99. The molecule has 17 heavy (non-hydrogen) atoms. The van der Waals surface area contributed by atoms with Gasteiger partial charge >= 0.3 is 0 Å². The number of ether oxygens (including phenoxy) is 1. The molecule has 3 nitrogen and oxygen atoms in total. The lowest BCUT2D eigenvalue weighted by molar-refractivity contribution is 0.0627. The van der Waals surface area contributed by atoms with Crippen LogP contribution in [-0.4, -0.2) is 31.2 Å². The number of anilines is 1. The highest BCUT2D eigenvalue weighted by atomic mass is 35.5. The molecule has 0 saturated carbocycles. The summed E-state index contributed by atoms with van der Waals surface area (Å²) in [7, 11) is 2.06. The molecule has 0 bridgehead atoms. The number of nitrogen functional groups attached to an aromatic ring is 1. The zero-order chi connectivity index (χ0) is 12.8. The zero-order valence-electron chi connectivity index (χ0n) is 10.7. The molecule has 1 aromatic rings. The van der Waals surface area contributed by atoms with Crippen molar-refractivity contribution in [3.05, 3.63) is 28.8 Å². The molecule has 0 aliphatic heterocycles. The van der Waals surface area contributed by atoms with Crippen LogP contribution in [0.1, 0.15) is 19.4 Å². The fraction of sp³-hybridized carbons (Fsp3) is 0.538. The Morgan fingerprint density at radius 1 is 1.41 bits per heavy atom. The lowest BCUT2D eigenvalue weighted by atomic mass is 10.2. The molecule has 0 saturated heterocycles. The molecule has 1 rings (SSSR count). The largest absolute Gasteiger partial charge is 0.398 e. The summed E-state index contributed by atoms with van der Waals surface area (Å²) >= 11 is 5.97. The second-order valence-electron chi connectivity index (χ2n) is 4.51. The number of rotatable bonds is 6. The van der Waals surface area contributed by atoms with Crippen LogP contribution in [0.15, 0.2) is 18.2 Å². The van der Waals surface area contributed by atoms with Gasteiger partial charge in [0.05, 0.1) is 23.4 Å². The molecule has 4 heteroatoms. The molecule has 96 valence electrons. The molecule has 0 unspecified atom stereocenters. The normalized spacial score (nSPS) is 11.4. The minimum atomic E-state index is 0.286. The van der Waals surface area contributed by atoms with Crippen molar-refractivity contribution in [3.63, 3.8) is 0 Å². The van der Waals surface area contributed by atoms with Crippen molar-refractivity contribution in [1.29, 1.82) is 0 Å². The first-order valence-electron chi connectivity index (χ1n) is 5.83. The van der Waals surface area contributed by atoms with E-state index in [2.05, 4.69) is 11.9 Å². The predicted molar refractivity (Wildman–Crippen MR) is 73.3 cm³/mol. The molecule has 0 aliphatic rings. The maximum atomic E-state index is 5.97. The van der Waals surface area contributed by atoms with Crippen molar-refractivity contribution in [2.24, 2.45) is 0 Å². The van der Waals surface area contributed by atoms with Crippen LogP contribution in [0.4, 0.5) is 5.69 Å². The zero-order valence-corrected chi connectivity index (χ0v) is 11.5. The summed E-state index contributed by atoms with van der Waals surface area (Å²) in [4.78, 5) is 2.20. The molecule has 0 amide bonds. The number of hydrogen-bond donors (Lipinski definition) is 1. The van der Waals surface area contributed by atoms with Gasteiger partial charge in [0.1, 0.15) is 0 Å². The second kappa shape index (κ2) is 6.84. The van der Waals surface area contributed by atoms with Gasteiger partial charge in [0.2, 0.25) is 0 Å². The Morgan fingerprint density at radius 3 is 2.71 bits per heavy atom. The van der Waals surface area contributed by atoms with Gasteiger partial charge in [-0.15, -0.1) is 0 Å². The number of hydrogen-bond acceptors (Lipinski definition) is 3. The van der Waals surface area contributed by atoms with E-state index in [-0.39, 0.29) is 6.10 Å². The number of likely N-dealkylation sites (N-methyl/N-ethyl adjacent to an activating group) is 1. The van der Waals surface area contributed by atoms with Crippen LogP contribution in [0, 0.1) is 0 Å². The summed E-state index contributed by atoms with van der Waals surface area (Å²) in [5, 5.41) is 0.620. The molecule has 0 atom stereocenters. The van der Waals surface area contributed by atoms with Crippen molar-refractivity contribution in [3.8, 4) is 0 Å². The highest BCUT2D eigenvalue weighted by molar-refractivity contribution is 6.33. The van der Waals surface area contributed by atoms with Crippen LogP contribution in [0.3, 0.4) is 0 Å². The third-order valence-corrected chi connectivity index (χ3v) is 2.77. The molecule has 0 heterocycles. The fourth-order valence-corrected chi connectivity index (χ4v) is 1.71. The minimum Gasteiger partial charge on any atom is -0.398 e. The molecule has 0 radical (unpaired) electrons. The van der Waals surface area contributed by atoms with Gasteiger partial charge in [-0.25, -0.2) is 0 Å². The van der Waals surface area contributed by atoms with Crippen LogP contribution < -0.4 is 5.73 Å². The summed E-state index contributed by atoms with van der Waals surface area (Å²) in [6, 6.07) is 5.76. The van der Waals surface area contributed by atoms with E-state index < -0.39 is 0 Å². The Morgan fingerprint density at radius 2 is 2.12 bits per heavy atom. The van der Waals surface area contributed by atoms with Crippen molar-refractivity contribution >= 4 is 17.3 Å². The summed E-state index contributed by atoms with van der Waals surface area (Å²) < 4.78 is 5.51. The highest BCUT2D eigenvalue weighted by Gasteiger charge is 2.03. The average molecular weight is 257 g/mol. The summed E-state index contributed by atoms with van der Waals surface area (Å²) in [5.74, 6) is 0. The van der Waals surface area contributed by atoms with E-state index in [4.69, 9.17) is 22.1 Å². The van der Waals surface area contributed by atoms with Gasteiger partial charge < -0.3 is 10.5 Å². The third-order valence-electron chi connectivity index (χ3n) is 2.44. The Kier molecular flexibility index (Phi) is 5.75. The summed E-state index contributed by atoms with van der Waals surface area (Å²) in [5.41, 5.74) is 7.46. The topological polar surface area (TPSA) is 38.5 Å². The van der Waals surface area contributed by atoms with Crippen LogP contribution in [0.2, 0.25) is 5.02 Å². The van der Waals surface area contributed by atoms with Gasteiger partial charge in [-0.2, -0.15) is 0 Å². The number of benzene rings is 1. The van der Waals surface area contributed by atoms with Crippen LogP contribution in [0.5, 0.6) is 0 Å². The standard InChI is InChI=1S/C13H21ClN2O/c1-10(2)17-7-6-16(3)9-11-4-5-13(15)12(14)8-11/h4-5,8,10H,6-7,9,15H2,1-3H3. The van der Waals surface area contributed by atoms with Crippen LogP contribution in [-0.2, 0) is 11.3 Å². The monoisotopic (exact) mass is 256 g/mol. The van der Waals surface area contributed by atoms with E-state index in [9.17, 15) is 0 Å². The molecule has 0 fully saturated rings. The van der Waals surface area contributed by atoms with E-state index in [1.807, 2.05) is 32.0 Å². The van der Waals surface area contributed by atoms with E-state index in [0.717, 1.165) is 25.3 Å². The van der Waals surface area contributed by atoms with Crippen molar-refractivity contribution in [2.75, 3.05) is 25.9 Å². The van der Waals surface area contributed by atoms with Crippen molar-refractivity contribution < 1.29 is 4.74 Å². The highest BCUT2D eigenvalue weighted by Crippen LogP contribution is 2.20. The van der Waals surface area contributed by atoms with E-state index in [0.29, 0.717) is 10.7 Å². The Labute approximate surface area is 109 Å². The number of nitrogens with two attached hydrogens (primary N) is 1. The smallest absolute Gasteiger partial charge is 0.0638 e. The van der Waals surface area contributed by atoms with Gasteiger partial charge in [0.25, 0.3) is 0 Å². The van der Waals surface area contributed by atoms with Crippen molar-refractivity contribution in [2.45, 2.75) is 26.5 Å². The molecule has 1 aromatic carbocycles. The minimum absolute atomic E-state index is 0.286. The lowest BCUT2D eigenvalue weighted by Gasteiger charge is -2.18. The van der Waals surface area contributed by atoms with Gasteiger partial charge in [0, 0.05) is 13.1 Å². The fourth-order valence-electron chi connectivity index (χ4n) is 1.50. The molecular weight excluding hydrogens is 236 g/mol. The molecular formula is C13H21ClN2O. The molecule has 0 aromatic heterocycles. The SMILES string of the molecule is CC(C)OCCN(C)Cc1ccc(N)c(Cl)c1. The summed E-state index contributed by atoms with van der Waals surface area (Å²) in [6.45, 7) is 6.58. The van der Waals surface area contributed by atoms with Gasteiger partial charge in [-0.05, 0) is 38.6 Å². The maximum absolute atomic E-state index is 5.97. The Balaban J connectivity index is 2.39. The molecule has 2 N–H and O–H groups in total. The van der Waals surface area contributed by atoms with Crippen LogP contribution >= 0.6 is 11.6 Å². The maximum Gasteiger partial charge on any atom is 0.0638 e. The Hall–Kier alpha value is -0.770. The quantitative estimate of drug-likeness (QED) is 0.796.